The maximum Gasteiger partial charge on any atom is 0.357 e. The van der Waals surface area contributed by atoms with Gasteiger partial charge in [-0.3, -0.25) is 0 Å². The SMILES string of the molecule is COC(=O)c1c(-c2c(F)cccc2C(F)F)nn(-c2ccccc2)c1C(=O)OC. The summed E-state index contributed by atoms with van der Waals surface area (Å²) in [7, 11) is 2.13. The molecule has 3 rings (SSSR count). The Kier molecular flexibility index (Phi) is 5.67. The molecule has 0 saturated heterocycles. The molecule has 0 N–H and O–H groups in total. The molecule has 0 aliphatic heterocycles. The molecule has 6 nitrogen and oxygen atoms in total. The zero-order chi connectivity index (χ0) is 21.1. The molecule has 9 heteroatoms. The zero-order valence-corrected chi connectivity index (χ0v) is 15.4. The maximum absolute atomic E-state index is 14.6. The molecule has 2 aromatic carbocycles. The van der Waals surface area contributed by atoms with Gasteiger partial charge in [0.2, 0.25) is 0 Å². The van der Waals surface area contributed by atoms with Gasteiger partial charge in [-0.1, -0.05) is 30.3 Å². The predicted molar refractivity (Wildman–Crippen MR) is 96.6 cm³/mol. The lowest BCUT2D eigenvalue weighted by Crippen LogP contribution is -2.15. The van der Waals surface area contributed by atoms with Crippen LogP contribution in [0.1, 0.15) is 32.8 Å². The molecule has 1 aromatic heterocycles. The van der Waals surface area contributed by atoms with E-state index in [2.05, 4.69) is 5.10 Å². The number of carbonyl (C=O) groups excluding carboxylic acids is 2. The molecular formula is C20H15F3N2O4. The number of aromatic nitrogens is 2. The van der Waals surface area contributed by atoms with E-state index in [1.807, 2.05) is 0 Å². The summed E-state index contributed by atoms with van der Waals surface area (Å²) in [6.07, 6.45) is -3.05. The van der Waals surface area contributed by atoms with E-state index in [0.717, 1.165) is 37.1 Å². The van der Waals surface area contributed by atoms with E-state index in [4.69, 9.17) is 9.47 Å². The molecular weight excluding hydrogens is 389 g/mol. The van der Waals surface area contributed by atoms with E-state index in [0.29, 0.717) is 5.69 Å². The van der Waals surface area contributed by atoms with Crippen molar-refractivity contribution in [3.8, 4) is 16.9 Å². The summed E-state index contributed by atoms with van der Waals surface area (Å²) < 4.78 is 52.2. The standard InChI is InChI=1S/C20H15F3N2O4/c1-28-19(26)15-16(14-12(18(22)23)9-6-10-13(14)21)24-25(17(15)20(27)29-2)11-7-4-3-5-8-11/h3-10,18H,1-2H3. The number of hydrogen-bond acceptors (Lipinski definition) is 5. The van der Waals surface area contributed by atoms with Gasteiger partial charge >= 0.3 is 11.9 Å². The van der Waals surface area contributed by atoms with Crippen LogP contribution in [0.25, 0.3) is 16.9 Å². The van der Waals surface area contributed by atoms with Crippen LogP contribution in [-0.4, -0.2) is 35.9 Å². The highest BCUT2D eigenvalue weighted by molar-refractivity contribution is 6.07. The van der Waals surface area contributed by atoms with E-state index in [-0.39, 0.29) is 5.69 Å². The molecule has 0 saturated carbocycles. The Morgan fingerprint density at radius 1 is 0.966 bits per heavy atom. The van der Waals surface area contributed by atoms with Crippen LogP contribution < -0.4 is 0 Å². The summed E-state index contributed by atoms with van der Waals surface area (Å²) in [6, 6.07) is 11.2. The van der Waals surface area contributed by atoms with E-state index in [9.17, 15) is 22.8 Å². The smallest absolute Gasteiger partial charge is 0.357 e. The minimum atomic E-state index is -3.05. The number of methoxy groups -OCH3 is 2. The molecule has 0 fully saturated rings. The van der Waals surface area contributed by atoms with Gasteiger partial charge in [-0.15, -0.1) is 0 Å². The second-order valence-electron chi connectivity index (χ2n) is 5.81. The molecule has 0 aliphatic carbocycles. The number of para-hydroxylation sites is 1. The van der Waals surface area contributed by atoms with E-state index in [1.165, 1.54) is 0 Å². The fourth-order valence-electron chi connectivity index (χ4n) is 2.90. The molecule has 0 spiro atoms. The molecule has 150 valence electrons. The largest absolute Gasteiger partial charge is 0.465 e. The first-order valence-corrected chi connectivity index (χ1v) is 8.32. The summed E-state index contributed by atoms with van der Waals surface area (Å²) in [6.45, 7) is 0. The number of carbonyl (C=O) groups is 2. The van der Waals surface area contributed by atoms with Crippen LogP contribution in [0.3, 0.4) is 0 Å². The number of esters is 2. The van der Waals surface area contributed by atoms with Crippen LogP contribution >= 0.6 is 0 Å². The normalized spacial score (nSPS) is 10.8. The monoisotopic (exact) mass is 404 g/mol. The van der Waals surface area contributed by atoms with Crippen LogP contribution in [0.4, 0.5) is 13.2 Å². The number of halogens is 3. The summed E-state index contributed by atoms with van der Waals surface area (Å²) in [4.78, 5) is 25.0. The van der Waals surface area contributed by atoms with Crippen molar-refractivity contribution in [3.63, 3.8) is 0 Å². The Morgan fingerprint density at radius 2 is 1.62 bits per heavy atom. The lowest BCUT2D eigenvalue weighted by molar-refractivity contribution is 0.0549. The topological polar surface area (TPSA) is 70.4 Å². The summed E-state index contributed by atoms with van der Waals surface area (Å²) in [5, 5.41) is 4.13. The van der Waals surface area contributed by atoms with Crippen LogP contribution in [0.5, 0.6) is 0 Å². The number of benzene rings is 2. The molecule has 0 amide bonds. The number of hydrogen-bond donors (Lipinski definition) is 0. The zero-order valence-electron chi connectivity index (χ0n) is 15.4. The Bertz CT molecular complexity index is 1070. The first-order chi connectivity index (χ1) is 13.9. The van der Waals surface area contributed by atoms with E-state index in [1.54, 1.807) is 30.3 Å². The molecule has 3 aromatic rings. The molecule has 0 aliphatic rings. The van der Waals surface area contributed by atoms with Crippen molar-refractivity contribution in [2.45, 2.75) is 6.43 Å². The Morgan fingerprint density at radius 3 is 2.21 bits per heavy atom. The third kappa shape index (κ3) is 3.58. The van der Waals surface area contributed by atoms with E-state index >= 15 is 0 Å². The molecule has 0 bridgehead atoms. The lowest BCUT2D eigenvalue weighted by atomic mass is 9.99. The fourth-order valence-corrected chi connectivity index (χ4v) is 2.90. The summed E-state index contributed by atoms with van der Waals surface area (Å²) >= 11 is 0. The molecule has 0 radical (unpaired) electrons. The van der Waals surface area contributed by atoms with Crippen LogP contribution in [0, 0.1) is 5.82 Å². The Balaban J connectivity index is 2.45. The Labute approximate surface area is 163 Å². The molecule has 0 atom stereocenters. The highest BCUT2D eigenvalue weighted by atomic mass is 19.3. The van der Waals surface area contributed by atoms with Crippen molar-refractivity contribution in [1.29, 1.82) is 0 Å². The number of rotatable bonds is 5. The highest BCUT2D eigenvalue weighted by Crippen LogP contribution is 2.36. The van der Waals surface area contributed by atoms with Gasteiger partial charge < -0.3 is 9.47 Å². The highest BCUT2D eigenvalue weighted by Gasteiger charge is 2.34. The quantitative estimate of drug-likeness (QED) is 0.597. The van der Waals surface area contributed by atoms with Crippen molar-refractivity contribution < 1.29 is 32.2 Å². The molecule has 0 unspecified atom stereocenters. The molecule has 1 heterocycles. The molecule has 29 heavy (non-hydrogen) atoms. The average Bonchev–Trinajstić information content (AvgIpc) is 3.13. The lowest BCUT2D eigenvalue weighted by Gasteiger charge is -2.09. The van der Waals surface area contributed by atoms with Gasteiger partial charge in [0.25, 0.3) is 6.43 Å². The number of nitrogens with zero attached hydrogens (tertiary/aromatic N) is 2. The van der Waals surface area contributed by atoms with Gasteiger partial charge in [0.1, 0.15) is 17.1 Å². The summed E-state index contributed by atoms with van der Waals surface area (Å²) in [5.74, 6) is -3.05. The van der Waals surface area contributed by atoms with Crippen LogP contribution in [-0.2, 0) is 9.47 Å². The maximum atomic E-state index is 14.6. The number of alkyl halides is 2. The van der Waals surface area contributed by atoms with Gasteiger partial charge in [0.15, 0.2) is 5.69 Å². The van der Waals surface area contributed by atoms with Crippen molar-refractivity contribution >= 4 is 11.9 Å². The Hall–Kier alpha value is -3.62. The second-order valence-corrected chi connectivity index (χ2v) is 5.81. The first kappa shape index (κ1) is 20.1. The van der Waals surface area contributed by atoms with Crippen molar-refractivity contribution in [1.82, 2.24) is 9.78 Å². The minimum absolute atomic E-state index is 0.333. The van der Waals surface area contributed by atoms with E-state index < -0.39 is 46.6 Å². The third-order valence-electron chi connectivity index (χ3n) is 4.17. The first-order valence-electron chi connectivity index (χ1n) is 8.32. The van der Waals surface area contributed by atoms with Crippen LogP contribution in [0.2, 0.25) is 0 Å². The summed E-state index contributed by atoms with van der Waals surface area (Å²) in [5.41, 5.74) is -2.24. The van der Waals surface area contributed by atoms with Gasteiger partial charge in [-0.05, 0) is 18.2 Å². The number of ether oxygens (including phenoxy) is 2. The average molecular weight is 404 g/mol. The fraction of sp³-hybridized carbons (Fsp3) is 0.150. The van der Waals surface area contributed by atoms with Gasteiger partial charge in [-0.25, -0.2) is 27.4 Å². The second kappa shape index (κ2) is 8.17. The predicted octanol–water partition coefficient (Wildman–Crippen LogP) is 4.19. The van der Waals surface area contributed by atoms with Crippen LogP contribution in [0.15, 0.2) is 48.5 Å². The minimum Gasteiger partial charge on any atom is -0.465 e. The van der Waals surface area contributed by atoms with Crippen molar-refractivity contribution in [2.75, 3.05) is 14.2 Å². The van der Waals surface area contributed by atoms with Gasteiger partial charge in [-0.2, -0.15) is 5.10 Å². The third-order valence-corrected chi connectivity index (χ3v) is 4.17. The van der Waals surface area contributed by atoms with Gasteiger partial charge in [0, 0.05) is 11.1 Å². The van der Waals surface area contributed by atoms with Crippen molar-refractivity contribution in [3.05, 3.63) is 71.2 Å². The van der Waals surface area contributed by atoms with Gasteiger partial charge in [0.05, 0.1) is 19.9 Å². The van der Waals surface area contributed by atoms with Crippen molar-refractivity contribution in [2.24, 2.45) is 0 Å².